The Labute approximate surface area is 145 Å². The van der Waals surface area contributed by atoms with Crippen LogP contribution < -0.4 is 5.56 Å². The van der Waals surface area contributed by atoms with Gasteiger partial charge >= 0.3 is 0 Å². The number of para-hydroxylation sites is 1. The van der Waals surface area contributed by atoms with Crippen LogP contribution in [0.1, 0.15) is 11.4 Å². The average Bonchev–Trinajstić information content (AvgIpc) is 3.02. The summed E-state index contributed by atoms with van der Waals surface area (Å²) in [6, 6.07) is 7.47. The molecule has 2 aromatic heterocycles. The minimum atomic E-state index is -0.0594. The molecule has 0 atom stereocenters. The molecule has 7 nitrogen and oxygen atoms in total. The van der Waals surface area contributed by atoms with Crippen molar-refractivity contribution < 1.29 is 0 Å². The van der Waals surface area contributed by atoms with Crippen LogP contribution in [0, 0.1) is 0 Å². The van der Waals surface area contributed by atoms with Crippen molar-refractivity contribution in [1.29, 1.82) is 0 Å². The summed E-state index contributed by atoms with van der Waals surface area (Å²) in [4.78, 5) is 24.5. The minimum Gasteiger partial charge on any atom is -0.309 e. The van der Waals surface area contributed by atoms with E-state index in [0.29, 0.717) is 11.9 Å². The molecule has 25 heavy (non-hydrogen) atoms. The molecule has 0 bridgehead atoms. The van der Waals surface area contributed by atoms with E-state index in [4.69, 9.17) is 0 Å². The zero-order valence-electron chi connectivity index (χ0n) is 14.4. The molecule has 130 valence electrons. The number of H-pyrrole nitrogens is 1. The number of nitrogens with one attached hydrogen (secondary N) is 1. The summed E-state index contributed by atoms with van der Waals surface area (Å²) in [5.74, 6) is 0.740. The van der Waals surface area contributed by atoms with E-state index in [2.05, 4.69) is 31.1 Å². The van der Waals surface area contributed by atoms with Crippen molar-refractivity contribution in [2.75, 3.05) is 26.2 Å². The van der Waals surface area contributed by atoms with E-state index in [1.54, 1.807) is 0 Å². The predicted molar refractivity (Wildman–Crippen MR) is 96.1 cm³/mol. The molecule has 1 aromatic carbocycles. The quantitative estimate of drug-likeness (QED) is 0.768. The van der Waals surface area contributed by atoms with Crippen molar-refractivity contribution in [3.05, 3.63) is 58.4 Å². The third-order valence-corrected chi connectivity index (χ3v) is 4.66. The number of hydrogen-bond donors (Lipinski definition) is 1. The van der Waals surface area contributed by atoms with Gasteiger partial charge in [0.05, 0.1) is 23.6 Å². The number of benzene rings is 1. The van der Waals surface area contributed by atoms with Gasteiger partial charge in [-0.2, -0.15) is 5.10 Å². The summed E-state index contributed by atoms with van der Waals surface area (Å²) in [6.07, 6.45) is 3.99. The normalized spacial score (nSPS) is 16.5. The summed E-state index contributed by atoms with van der Waals surface area (Å²) >= 11 is 0. The molecular formula is C18H22N6O. The van der Waals surface area contributed by atoms with Crippen LogP contribution in [0.25, 0.3) is 10.9 Å². The summed E-state index contributed by atoms with van der Waals surface area (Å²) in [5, 5.41) is 4.87. The van der Waals surface area contributed by atoms with Crippen molar-refractivity contribution in [2.45, 2.75) is 13.1 Å². The molecule has 4 rings (SSSR count). The van der Waals surface area contributed by atoms with Crippen molar-refractivity contribution in [3.63, 3.8) is 0 Å². The van der Waals surface area contributed by atoms with Crippen LogP contribution in [0.3, 0.4) is 0 Å². The smallest absolute Gasteiger partial charge is 0.258 e. The number of piperazine rings is 1. The van der Waals surface area contributed by atoms with Gasteiger partial charge in [0.1, 0.15) is 5.82 Å². The highest BCUT2D eigenvalue weighted by molar-refractivity contribution is 5.77. The van der Waals surface area contributed by atoms with Gasteiger partial charge in [0, 0.05) is 51.5 Å². The lowest BCUT2D eigenvalue weighted by Crippen LogP contribution is -2.45. The fourth-order valence-electron chi connectivity index (χ4n) is 3.34. The zero-order chi connectivity index (χ0) is 17.2. The van der Waals surface area contributed by atoms with Crippen molar-refractivity contribution in [1.82, 2.24) is 29.5 Å². The fraction of sp³-hybridized carbons (Fsp3) is 0.389. The second kappa shape index (κ2) is 6.78. The molecule has 0 spiro atoms. The molecule has 1 aliphatic rings. The molecule has 0 radical (unpaired) electrons. The molecule has 0 saturated carbocycles. The maximum atomic E-state index is 12.2. The Kier molecular flexibility index (Phi) is 4.33. The number of aromatic nitrogens is 4. The lowest BCUT2D eigenvalue weighted by atomic mass is 10.2. The van der Waals surface area contributed by atoms with Gasteiger partial charge in [-0.05, 0) is 12.1 Å². The van der Waals surface area contributed by atoms with Crippen molar-refractivity contribution in [2.24, 2.45) is 7.05 Å². The van der Waals surface area contributed by atoms with Gasteiger partial charge in [0.15, 0.2) is 0 Å². The maximum absolute atomic E-state index is 12.2. The van der Waals surface area contributed by atoms with Crippen LogP contribution in [0.15, 0.2) is 41.5 Å². The van der Waals surface area contributed by atoms with Gasteiger partial charge in [-0.15, -0.1) is 0 Å². The second-order valence-electron chi connectivity index (χ2n) is 6.60. The third kappa shape index (κ3) is 3.62. The van der Waals surface area contributed by atoms with Gasteiger partial charge in [-0.25, -0.2) is 4.98 Å². The van der Waals surface area contributed by atoms with Crippen LogP contribution in [0.2, 0.25) is 0 Å². The molecule has 0 aliphatic carbocycles. The monoisotopic (exact) mass is 338 g/mol. The zero-order valence-corrected chi connectivity index (χ0v) is 14.4. The van der Waals surface area contributed by atoms with E-state index in [1.807, 2.05) is 42.2 Å². The molecule has 1 fully saturated rings. The minimum absolute atomic E-state index is 0.0594. The molecule has 3 heterocycles. The van der Waals surface area contributed by atoms with Crippen molar-refractivity contribution >= 4 is 10.9 Å². The highest BCUT2D eigenvalue weighted by Gasteiger charge is 2.18. The Bertz CT molecular complexity index is 922. The fourth-order valence-corrected chi connectivity index (χ4v) is 3.34. The second-order valence-corrected chi connectivity index (χ2v) is 6.60. The largest absolute Gasteiger partial charge is 0.309 e. The third-order valence-electron chi connectivity index (χ3n) is 4.66. The van der Waals surface area contributed by atoms with Gasteiger partial charge in [0.2, 0.25) is 0 Å². The Balaban J connectivity index is 1.38. The number of hydrogen-bond acceptors (Lipinski definition) is 5. The van der Waals surface area contributed by atoms with Crippen LogP contribution in [-0.4, -0.2) is 55.7 Å². The van der Waals surface area contributed by atoms with E-state index in [9.17, 15) is 4.79 Å². The first kappa shape index (κ1) is 16.0. The Morgan fingerprint density at radius 3 is 2.52 bits per heavy atom. The van der Waals surface area contributed by atoms with Gasteiger partial charge < -0.3 is 4.98 Å². The first-order chi connectivity index (χ1) is 12.2. The number of nitrogens with zero attached hydrogens (tertiary/aromatic N) is 5. The van der Waals surface area contributed by atoms with Crippen LogP contribution >= 0.6 is 0 Å². The van der Waals surface area contributed by atoms with Gasteiger partial charge in [-0.1, -0.05) is 12.1 Å². The van der Waals surface area contributed by atoms with E-state index < -0.39 is 0 Å². The molecule has 1 saturated heterocycles. The molecule has 1 N–H and O–H groups in total. The van der Waals surface area contributed by atoms with Crippen LogP contribution in [-0.2, 0) is 20.1 Å². The Morgan fingerprint density at radius 2 is 1.80 bits per heavy atom. The molecule has 1 aliphatic heterocycles. The van der Waals surface area contributed by atoms with Crippen molar-refractivity contribution in [3.8, 4) is 0 Å². The molecule has 0 unspecified atom stereocenters. The summed E-state index contributed by atoms with van der Waals surface area (Å²) in [6.45, 7) is 5.57. The predicted octanol–water partition coefficient (Wildman–Crippen LogP) is 0.974. The van der Waals surface area contributed by atoms with E-state index in [-0.39, 0.29) is 5.56 Å². The lowest BCUT2D eigenvalue weighted by molar-refractivity contribution is 0.120. The first-order valence-corrected chi connectivity index (χ1v) is 8.57. The number of rotatable bonds is 4. The molecular weight excluding hydrogens is 316 g/mol. The standard InChI is InChI=1S/C18H22N6O/c1-22-11-14(10-19-22)12-23-6-8-24(9-7-23)13-17-20-16-5-3-2-4-15(16)18(25)21-17/h2-5,10-11H,6-9,12-13H2,1H3,(H,20,21,25). The van der Waals surface area contributed by atoms with Gasteiger partial charge in [0.25, 0.3) is 5.56 Å². The average molecular weight is 338 g/mol. The molecule has 7 heteroatoms. The first-order valence-electron chi connectivity index (χ1n) is 8.57. The number of aromatic amines is 1. The van der Waals surface area contributed by atoms with Crippen LogP contribution in [0.5, 0.6) is 0 Å². The lowest BCUT2D eigenvalue weighted by Gasteiger charge is -2.34. The highest BCUT2D eigenvalue weighted by atomic mass is 16.1. The molecule has 3 aromatic rings. The summed E-state index contributed by atoms with van der Waals surface area (Å²) < 4.78 is 1.84. The Hall–Kier alpha value is -2.51. The van der Waals surface area contributed by atoms with E-state index in [0.717, 1.165) is 44.1 Å². The Morgan fingerprint density at radius 1 is 1.08 bits per heavy atom. The van der Waals surface area contributed by atoms with E-state index in [1.165, 1.54) is 5.56 Å². The summed E-state index contributed by atoms with van der Waals surface area (Å²) in [5.41, 5.74) is 1.95. The summed E-state index contributed by atoms with van der Waals surface area (Å²) in [7, 11) is 1.94. The maximum Gasteiger partial charge on any atom is 0.258 e. The number of fused-ring (bicyclic) bond motifs is 1. The van der Waals surface area contributed by atoms with Crippen LogP contribution in [0.4, 0.5) is 0 Å². The SMILES string of the molecule is Cn1cc(CN2CCN(Cc3nc4ccccc4c(=O)[nH]3)CC2)cn1. The number of aryl methyl sites for hydroxylation is 1. The molecule has 0 amide bonds. The highest BCUT2D eigenvalue weighted by Crippen LogP contribution is 2.11. The van der Waals surface area contributed by atoms with E-state index >= 15 is 0 Å². The topological polar surface area (TPSA) is 70.1 Å². The van der Waals surface area contributed by atoms with Gasteiger partial charge in [-0.3, -0.25) is 19.3 Å².